The molecule has 0 fully saturated rings. The molecule has 1 aromatic heterocycles. The second-order valence-electron chi connectivity index (χ2n) is 9.11. The Kier molecular flexibility index (Phi) is 8.10. The predicted molar refractivity (Wildman–Crippen MR) is 143 cm³/mol. The minimum atomic E-state index is -0.382. The highest BCUT2D eigenvalue weighted by Gasteiger charge is 2.21. The third-order valence-electron chi connectivity index (χ3n) is 5.87. The van der Waals surface area contributed by atoms with Crippen LogP contribution < -0.4 is 5.32 Å². The van der Waals surface area contributed by atoms with Gasteiger partial charge < -0.3 is 9.80 Å². The van der Waals surface area contributed by atoms with Crippen molar-refractivity contribution in [3.63, 3.8) is 0 Å². The fourth-order valence-electron chi connectivity index (χ4n) is 3.80. The number of carbonyl (C=O) groups excluding carboxylic acids is 2. The summed E-state index contributed by atoms with van der Waals surface area (Å²) in [6.07, 6.45) is 1.79. The number of imidazole rings is 1. The molecule has 37 heavy (non-hydrogen) atoms. The molecule has 0 unspecified atom stereocenters. The zero-order chi connectivity index (χ0) is 26.4. The van der Waals surface area contributed by atoms with Crippen LogP contribution in [0.15, 0.2) is 85.1 Å². The third kappa shape index (κ3) is 6.68. The van der Waals surface area contributed by atoms with E-state index in [0.29, 0.717) is 30.0 Å². The van der Waals surface area contributed by atoms with Gasteiger partial charge in [-0.15, -0.1) is 0 Å². The molecule has 0 aliphatic carbocycles. The minimum Gasteiger partial charge on any atom is -0.328 e. The first-order valence-electron chi connectivity index (χ1n) is 12.0. The number of hydrogen-bond acceptors (Lipinski definition) is 4. The Balaban J connectivity index is 1.59. The number of amides is 2. The standard InChI is InChI=1S/C29H30FN5O2/c1-21-9-11-23(12-10-21)28(37)34(18-17-33(2)3)20-27(36)32-29-31-26(22-7-5-4-6-8-22)19-35(29)25-15-13-24(30)14-16-25/h4-16,19H,17-18,20H2,1-3H3,(H,31,32,36). The van der Waals surface area contributed by atoms with Gasteiger partial charge in [-0.2, -0.15) is 0 Å². The lowest BCUT2D eigenvalue weighted by Crippen LogP contribution is -2.41. The first-order valence-corrected chi connectivity index (χ1v) is 12.0. The first-order chi connectivity index (χ1) is 17.8. The molecular formula is C29H30FN5O2. The highest BCUT2D eigenvalue weighted by atomic mass is 19.1. The summed E-state index contributed by atoms with van der Waals surface area (Å²) in [6, 6.07) is 22.8. The van der Waals surface area contributed by atoms with Gasteiger partial charge in [0.05, 0.1) is 5.69 Å². The molecule has 0 atom stereocenters. The number of hydrogen-bond donors (Lipinski definition) is 1. The number of benzene rings is 3. The van der Waals surface area contributed by atoms with E-state index in [1.807, 2.05) is 68.4 Å². The summed E-state index contributed by atoms with van der Waals surface area (Å²) >= 11 is 0. The van der Waals surface area contributed by atoms with E-state index < -0.39 is 0 Å². The van der Waals surface area contributed by atoms with Crippen LogP contribution in [0.2, 0.25) is 0 Å². The monoisotopic (exact) mass is 499 g/mol. The molecule has 0 radical (unpaired) electrons. The third-order valence-corrected chi connectivity index (χ3v) is 5.87. The fraction of sp³-hybridized carbons (Fsp3) is 0.207. The van der Waals surface area contributed by atoms with Crippen molar-refractivity contribution in [2.45, 2.75) is 6.92 Å². The molecule has 1 N–H and O–H groups in total. The van der Waals surface area contributed by atoms with Gasteiger partial charge >= 0.3 is 0 Å². The maximum atomic E-state index is 13.6. The van der Waals surface area contributed by atoms with E-state index in [4.69, 9.17) is 0 Å². The number of nitrogens with zero attached hydrogens (tertiary/aromatic N) is 4. The lowest BCUT2D eigenvalue weighted by Gasteiger charge is -2.24. The average Bonchev–Trinajstić information content (AvgIpc) is 3.31. The van der Waals surface area contributed by atoms with Crippen molar-refractivity contribution < 1.29 is 14.0 Å². The Labute approximate surface area is 216 Å². The van der Waals surface area contributed by atoms with Gasteiger partial charge in [0.25, 0.3) is 5.91 Å². The van der Waals surface area contributed by atoms with E-state index in [1.165, 1.54) is 17.0 Å². The Morgan fingerprint density at radius 2 is 1.59 bits per heavy atom. The van der Waals surface area contributed by atoms with E-state index in [9.17, 15) is 14.0 Å². The van der Waals surface area contributed by atoms with Crippen LogP contribution in [0, 0.1) is 12.7 Å². The summed E-state index contributed by atoms with van der Waals surface area (Å²) in [6.45, 7) is 2.80. The van der Waals surface area contributed by atoms with Crippen molar-refractivity contribution in [1.29, 1.82) is 0 Å². The van der Waals surface area contributed by atoms with Gasteiger partial charge in [0.1, 0.15) is 12.4 Å². The smallest absolute Gasteiger partial charge is 0.254 e. The van der Waals surface area contributed by atoms with Gasteiger partial charge in [-0.05, 0) is 57.4 Å². The molecule has 8 heteroatoms. The molecule has 7 nitrogen and oxygen atoms in total. The number of carbonyl (C=O) groups is 2. The Hall–Kier alpha value is -4.30. The van der Waals surface area contributed by atoms with Gasteiger partial charge in [0.2, 0.25) is 11.9 Å². The zero-order valence-corrected chi connectivity index (χ0v) is 21.2. The maximum absolute atomic E-state index is 13.6. The summed E-state index contributed by atoms with van der Waals surface area (Å²) in [7, 11) is 3.83. The SMILES string of the molecule is Cc1ccc(C(=O)N(CCN(C)C)CC(=O)Nc2nc(-c3ccccc3)cn2-c2ccc(F)cc2)cc1. The molecule has 0 aliphatic heterocycles. The molecule has 4 rings (SSSR count). The minimum absolute atomic E-state index is 0.141. The molecule has 190 valence electrons. The van der Waals surface area contributed by atoms with Crippen molar-refractivity contribution >= 4 is 17.8 Å². The van der Waals surface area contributed by atoms with E-state index in [2.05, 4.69) is 10.3 Å². The molecule has 0 bridgehead atoms. The maximum Gasteiger partial charge on any atom is 0.254 e. The van der Waals surface area contributed by atoms with E-state index in [-0.39, 0.29) is 30.1 Å². The summed E-state index contributed by atoms with van der Waals surface area (Å²) in [5.74, 6) is -0.675. The fourth-order valence-corrected chi connectivity index (χ4v) is 3.80. The van der Waals surface area contributed by atoms with E-state index in [1.54, 1.807) is 35.0 Å². The summed E-state index contributed by atoms with van der Waals surface area (Å²) in [5, 5.41) is 2.86. The Morgan fingerprint density at radius 3 is 2.24 bits per heavy atom. The molecule has 1 heterocycles. The highest BCUT2D eigenvalue weighted by molar-refractivity contribution is 5.99. The quantitative estimate of drug-likeness (QED) is 0.365. The number of aryl methyl sites for hydroxylation is 1. The number of halogens is 1. The summed E-state index contributed by atoms with van der Waals surface area (Å²) in [5.41, 5.74) is 3.75. The highest BCUT2D eigenvalue weighted by Crippen LogP contribution is 2.24. The predicted octanol–water partition coefficient (Wildman–Crippen LogP) is 4.63. The van der Waals surface area contributed by atoms with E-state index >= 15 is 0 Å². The molecule has 0 saturated carbocycles. The number of rotatable bonds is 9. The Bertz CT molecular complexity index is 1350. The molecule has 4 aromatic rings. The summed E-state index contributed by atoms with van der Waals surface area (Å²) in [4.78, 5) is 34.6. The van der Waals surface area contributed by atoms with Crippen LogP contribution in [0.5, 0.6) is 0 Å². The number of nitrogens with one attached hydrogen (secondary N) is 1. The van der Waals surface area contributed by atoms with Crippen LogP contribution in [-0.4, -0.2) is 64.9 Å². The average molecular weight is 500 g/mol. The second kappa shape index (κ2) is 11.6. The lowest BCUT2D eigenvalue weighted by atomic mass is 10.1. The van der Waals surface area contributed by atoms with Gasteiger partial charge in [0.15, 0.2) is 0 Å². The number of aromatic nitrogens is 2. The zero-order valence-electron chi connectivity index (χ0n) is 21.2. The summed E-state index contributed by atoms with van der Waals surface area (Å²) < 4.78 is 15.3. The van der Waals surface area contributed by atoms with Crippen LogP contribution in [-0.2, 0) is 4.79 Å². The topological polar surface area (TPSA) is 70.5 Å². The molecule has 3 aromatic carbocycles. The second-order valence-corrected chi connectivity index (χ2v) is 9.11. The van der Waals surface area contributed by atoms with Gasteiger partial charge in [-0.1, -0.05) is 48.0 Å². The Morgan fingerprint density at radius 1 is 0.919 bits per heavy atom. The number of likely N-dealkylation sites (N-methyl/N-ethyl adjacent to an activating group) is 1. The van der Waals surface area contributed by atoms with Crippen LogP contribution in [0.3, 0.4) is 0 Å². The van der Waals surface area contributed by atoms with Crippen molar-refractivity contribution in [2.75, 3.05) is 39.0 Å². The normalized spacial score (nSPS) is 10.9. The number of anilines is 1. The van der Waals surface area contributed by atoms with Crippen LogP contribution in [0.25, 0.3) is 16.9 Å². The van der Waals surface area contributed by atoms with Crippen LogP contribution in [0.1, 0.15) is 15.9 Å². The van der Waals surface area contributed by atoms with Gasteiger partial charge in [-0.25, -0.2) is 9.37 Å². The van der Waals surface area contributed by atoms with Crippen molar-refractivity contribution in [1.82, 2.24) is 19.4 Å². The van der Waals surface area contributed by atoms with Crippen molar-refractivity contribution in [3.05, 3.63) is 102 Å². The molecule has 0 saturated heterocycles. The van der Waals surface area contributed by atoms with Crippen molar-refractivity contribution in [2.24, 2.45) is 0 Å². The van der Waals surface area contributed by atoms with Crippen molar-refractivity contribution in [3.8, 4) is 16.9 Å². The molecule has 0 aliphatic rings. The van der Waals surface area contributed by atoms with E-state index in [0.717, 1.165) is 11.1 Å². The van der Waals surface area contributed by atoms with Gasteiger partial charge in [0, 0.05) is 36.1 Å². The largest absolute Gasteiger partial charge is 0.328 e. The van der Waals surface area contributed by atoms with Gasteiger partial charge in [-0.3, -0.25) is 19.5 Å². The first kappa shape index (κ1) is 25.8. The molecule has 0 spiro atoms. The van der Waals surface area contributed by atoms with Crippen LogP contribution in [0.4, 0.5) is 10.3 Å². The molecule has 2 amide bonds. The molecular weight excluding hydrogens is 469 g/mol. The van der Waals surface area contributed by atoms with Crippen LogP contribution >= 0.6 is 0 Å². The lowest BCUT2D eigenvalue weighted by molar-refractivity contribution is -0.117.